The van der Waals surface area contributed by atoms with Gasteiger partial charge in [0, 0.05) is 19.4 Å². The van der Waals surface area contributed by atoms with Crippen LogP contribution >= 0.6 is 0 Å². The van der Waals surface area contributed by atoms with Crippen molar-refractivity contribution in [2.75, 3.05) is 32.9 Å². The number of amides is 2. The van der Waals surface area contributed by atoms with Crippen molar-refractivity contribution in [3.05, 3.63) is 61.2 Å². The number of carbonyl (C=O) groups is 3. The molecule has 1 rings (SSSR count). The molecule has 3 N–H and O–H groups in total. The highest BCUT2D eigenvalue weighted by atomic mass is 16.5. The summed E-state index contributed by atoms with van der Waals surface area (Å²) in [6, 6.07) is 9.21. The Labute approximate surface area is 196 Å². The Bertz CT molecular complexity index is 738. The lowest BCUT2D eigenvalue weighted by molar-refractivity contribution is -0.150. The molecule has 0 aliphatic heterocycles. The topological polar surface area (TPSA) is 114 Å². The van der Waals surface area contributed by atoms with E-state index in [9.17, 15) is 14.4 Å². The maximum Gasteiger partial charge on any atom is 0.306 e. The number of hydrogen-bond acceptors (Lipinski definition) is 6. The molecule has 2 atom stereocenters. The summed E-state index contributed by atoms with van der Waals surface area (Å²) in [4.78, 5) is 37.2. The minimum Gasteiger partial charge on any atom is -0.456 e. The first kappa shape index (κ1) is 28.1. The quantitative estimate of drug-likeness (QED) is 0.176. The lowest BCUT2D eigenvalue weighted by Gasteiger charge is -2.21. The average Bonchev–Trinajstić information content (AvgIpc) is 2.82. The van der Waals surface area contributed by atoms with Crippen LogP contribution in [0, 0.1) is 5.92 Å². The molecule has 8 nitrogen and oxygen atoms in total. The van der Waals surface area contributed by atoms with Crippen molar-refractivity contribution in [2.24, 2.45) is 5.92 Å². The summed E-state index contributed by atoms with van der Waals surface area (Å²) in [5, 5.41) is 14.2. The molecule has 1 aromatic rings. The van der Waals surface area contributed by atoms with Gasteiger partial charge in [-0.2, -0.15) is 0 Å². The molecule has 182 valence electrons. The normalized spacial score (nSPS) is 12.3. The fraction of sp³-hybridized carbons (Fsp3) is 0.480. The molecular weight excluding hydrogens is 424 g/mol. The smallest absolute Gasteiger partial charge is 0.306 e. The van der Waals surface area contributed by atoms with Crippen LogP contribution in [0.4, 0.5) is 0 Å². The van der Waals surface area contributed by atoms with E-state index < -0.39 is 12.0 Å². The zero-order chi connectivity index (χ0) is 24.3. The van der Waals surface area contributed by atoms with E-state index in [-0.39, 0.29) is 57.0 Å². The maximum atomic E-state index is 12.8. The second kappa shape index (κ2) is 17.6. The molecule has 0 radical (unpaired) electrons. The highest BCUT2D eigenvalue weighted by Gasteiger charge is 2.23. The second-order valence-corrected chi connectivity index (χ2v) is 7.43. The van der Waals surface area contributed by atoms with Gasteiger partial charge in [-0.1, -0.05) is 42.5 Å². The number of benzene rings is 1. The van der Waals surface area contributed by atoms with E-state index in [0.717, 1.165) is 12.0 Å². The third-order valence-corrected chi connectivity index (χ3v) is 4.75. The van der Waals surface area contributed by atoms with Crippen molar-refractivity contribution in [3.63, 3.8) is 0 Å². The van der Waals surface area contributed by atoms with Crippen molar-refractivity contribution < 1.29 is 29.0 Å². The number of hydrogen-bond donors (Lipinski definition) is 3. The van der Waals surface area contributed by atoms with Crippen LogP contribution < -0.4 is 10.6 Å². The predicted octanol–water partition coefficient (Wildman–Crippen LogP) is 2.45. The Morgan fingerprint density at radius 1 is 1.06 bits per heavy atom. The molecule has 0 spiro atoms. The third kappa shape index (κ3) is 12.6. The van der Waals surface area contributed by atoms with Crippen LogP contribution in [0.3, 0.4) is 0 Å². The monoisotopic (exact) mass is 460 g/mol. The molecule has 0 unspecified atom stereocenters. The van der Waals surface area contributed by atoms with Crippen molar-refractivity contribution in [2.45, 2.75) is 38.2 Å². The largest absolute Gasteiger partial charge is 0.456 e. The van der Waals surface area contributed by atoms with Crippen molar-refractivity contribution in [3.8, 4) is 0 Å². The fourth-order valence-corrected chi connectivity index (χ4v) is 3.05. The number of aliphatic hydroxyl groups excluding tert-OH is 1. The summed E-state index contributed by atoms with van der Waals surface area (Å²) in [6.07, 6.45) is 4.68. The van der Waals surface area contributed by atoms with Crippen LogP contribution in [0.2, 0.25) is 0 Å². The van der Waals surface area contributed by atoms with E-state index in [1.165, 1.54) is 0 Å². The third-order valence-electron chi connectivity index (χ3n) is 4.75. The molecule has 1 aromatic carbocycles. The minimum absolute atomic E-state index is 0.00476. The number of aliphatic hydroxyl groups is 1. The van der Waals surface area contributed by atoms with Gasteiger partial charge in [-0.05, 0) is 24.8 Å². The number of allylic oxidation sites excluding steroid dienone is 2. The minimum atomic E-state index is -0.631. The lowest BCUT2D eigenvalue weighted by Crippen LogP contribution is -2.38. The summed E-state index contributed by atoms with van der Waals surface area (Å²) in [7, 11) is 0. The van der Waals surface area contributed by atoms with Crippen molar-refractivity contribution >= 4 is 17.8 Å². The number of unbranched alkanes of at least 4 members (excludes halogenated alkanes) is 1. The summed E-state index contributed by atoms with van der Waals surface area (Å²) >= 11 is 0. The van der Waals surface area contributed by atoms with Gasteiger partial charge in [0.2, 0.25) is 11.8 Å². The Hall–Kier alpha value is -2.97. The molecule has 0 saturated heterocycles. The highest BCUT2D eigenvalue weighted by Crippen LogP contribution is 2.19. The molecule has 0 bridgehead atoms. The van der Waals surface area contributed by atoms with Crippen LogP contribution in [0.15, 0.2) is 55.6 Å². The van der Waals surface area contributed by atoms with E-state index in [1.807, 2.05) is 30.3 Å². The van der Waals surface area contributed by atoms with E-state index in [4.69, 9.17) is 14.6 Å². The van der Waals surface area contributed by atoms with E-state index in [0.29, 0.717) is 19.4 Å². The van der Waals surface area contributed by atoms with Crippen LogP contribution in [0.5, 0.6) is 0 Å². The van der Waals surface area contributed by atoms with E-state index in [2.05, 4.69) is 23.8 Å². The van der Waals surface area contributed by atoms with Crippen molar-refractivity contribution in [1.29, 1.82) is 0 Å². The van der Waals surface area contributed by atoms with Crippen LogP contribution in [0.25, 0.3) is 0 Å². The SMILES string of the molecule is C=CCCCC(=O)O[C@@H](CNC(=O)[C@@H](CC=C)CC(=O)NCCOCCO)c1ccccc1. The lowest BCUT2D eigenvalue weighted by atomic mass is 9.99. The van der Waals surface area contributed by atoms with E-state index >= 15 is 0 Å². The first-order chi connectivity index (χ1) is 16.0. The molecule has 0 saturated carbocycles. The summed E-state index contributed by atoms with van der Waals surface area (Å²) in [5.41, 5.74) is 0.774. The van der Waals surface area contributed by atoms with Gasteiger partial charge >= 0.3 is 5.97 Å². The van der Waals surface area contributed by atoms with Gasteiger partial charge in [-0.3, -0.25) is 14.4 Å². The Morgan fingerprint density at radius 2 is 1.82 bits per heavy atom. The zero-order valence-electron chi connectivity index (χ0n) is 19.2. The Kier molecular flexibility index (Phi) is 14.9. The molecule has 0 aromatic heterocycles. The van der Waals surface area contributed by atoms with Gasteiger partial charge in [-0.15, -0.1) is 13.2 Å². The van der Waals surface area contributed by atoms with E-state index in [1.54, 1.807) is 12.2 Å². The molecule has 0 aliphatic carbocycles. The predicted molar refractivity (Wildman–Crippen MR) is 126 cm³/mol. The van der Waals surface area contributed by atoms with Crippen LogP contribution in [-0.2, 0) is 23.9 Å². The highest BCUT2D eigenvalue weighted by molar-refractivity contribution is 5.86. The van der Waals surface area contributed by atoms with Gasteiger partial charge < -0.3 is 25.2 Å². The molecule has 33 heavy (non-hydrogen) atoms. The van der Waals surface area contributed by atoms with Gasteiger partial charge in [0.05, 0.1) is 32.3 Å². The first-order valence-corrected chi connectivity index (χ1v) is 11.2. The number of carbonyl (C=O) groups excluding carboxylic acids is 3. The molecule has 8 heteroatoms. The number of ether oxygens (including phenoxy) is 2. The Balaban J connectivity index is 2.65. The molecular formula is C25H36N2O6. The average molecular weight is 461 g/mol. The summed E-state index contributed by atoms with van der Waals surface area (Å²) in [6.45, 7) is 8.11. The molecule has 0 fully saturated rings. The zero-order valence-corrected chi connectivity index (χ0v) is 19.2. The Morgan fingerprint density at radius 3 is 2.48 bits per heavy atom. The van der Waals surface area contributed by atoms with Gasteiger partial charge in [0.15, 0.2) is 0 Å². The second-order valence-electron chi connectivity index (χ2n) is 7.43. The number of nitrogens with one attached hydrogen (secondary N) is 2. The number of esters is 1. The number of rotatable bonds is 18. The van der Waals surface area contributed by atoms with Crippen LogP contribution in [-0.4, -0.2) is 55.8 Å². The fourth-order valence-electron chi connectivity index (χ4n) is 3.05. The van der Waals surface area contributed by atoms with Gasteiger partial charge in [-0.25, -0.2) is 0 Å². The van der Waals surface area contributed by atoms with Gasteiger partial charge in [0.25, 0.3) is 0 Å². The van der Waals surface area contributed by atoms with Crippen molar-refractivity contribution in [1.82, 2.24) is 10.6 Å². The molecule has 0 aliphatic rings. The molecule has 2 amide bonds. The molecule has 0 heterocycles. The summed E-state index contributed by atoms with van der Waals surface area (Å²) in [5.74, 6) is -1.53. The first-order valence-electron chi connectivity index (χ1n) is 11.2. The van der Waals surface area contributed by atoms with Gasteiger partial charge in [0.1, 0.15) is 6.10 Å². The maximum absolute atomic E-state index is 12.8. The summed E-state index contributed by atoms with van der Waals surface area (Å²) < 4.78 is 10.7. The van der Waals surface area contributed by atoms with Crippen LogP contribution in [0.1, 0.15) is 43.8 Å². The standard InChI is InChI=1S/C25H36N2O6/c1-3-5-7-13-24(30)33-22(20-11-8-6-9-12-20)19-27-25(31)21(10-4-2)18-23(29)26-14-16-32-17-15-28/h3-4,6,8-9,11-12,21-22,28H,1-2,5,7,10,13-19H2,(H,26,29)(H,27,31)/t21-,22-/m0/s1.